The minimum atomic E-state index is -0.676. The van der Waals surface area contributed by atoms with Crippen molar-refractivity contribution in [2.75, 3.05) is 12.0 Å². The average Bonchev–Trinajstić information content (AvgIpc) is 3.48. The van der Waals surface area contributed by atoms with Gasteiger partial charge >= 0.3 is 0 Å². The zero-order chi connectivity index (χ0) is 22.4. The number of benzene rings is 2. The molecule has 9 nitrogen and oxygen atoms in total. The van der Waals surface area contributed by atoms with E-state index in [1.807, 2.05) is 24.3 Å². The molecule has 4 aromatic rings. The summed E-state index contributed by atoms with van der Waals surface area (Å²) in [5.74, 6) is -1.08. The highest BCUT2D eigenvalue weighted by Gasteiger charge is 2.40. The van der Waals surface area contributed by atoms with Crippen LogP contribution in [0.2, 0.25) is 0 Å². The van der Waals surface area contributed by atoms with E-state index in [1.54, 1.807) is 18.3 Å². The molecule has 0 atom stereocenters. The van der Waals surface area contributed by atoms with Crippen molar-refractivity contribution in [3.63, 3.8) is 0 Å². The molecule has 1 aliphatic heterocycles. The van der Waals surface area contributed by atoms with Crippen LogP contribution < -0.4 is 9.64 Å². The number of carbonyl (C=O) groups is 3. The van der Waals surface area contributed by atoms with Gasteiger partial charge in [-0.1, -0.05) is 17.3 Å². The number of Topliss-reactive ketones (excluding diaryl/α,β-unsaturated/α-hetero) is 2. The minimum Gasteiger partial charge on any atom is -0.495 e. The van der Waals surface area contributed by atoms with Crippen LogP contribution in [-0.2, 0) is 17.9 Å². The maximum absolute atomic E-state index is 12.6. The summed E-state index contributed by atoms with van der Waals surface area (Å²) in [6, 6.07) is 10.9. The predicted octanol–water partition coefficient (Wildman–Crippen LogP) is 3.27. The normalized spacial score (nSPS) is 13.1. The third-order valence-electron chi connectivity index (χ3n) is 4.99. The molecule has 0 aliphatic carbocycles. The Balaban J connectivity index is 1.37. The average molecular weight is 512 g/mol. The van der Waals surface area contributed by atoms with Gasteiger partial charge in [0.05, 0.1) is 41.3 Å². The number of hydrogen-bond donors (Lipinski definition) is 0. The van der Waals surface area contributed by atoms with Crippen molar-refractivity contribution in [2.24, 2.45) is 0 Å². The summed E-state index contributed by atoms with van der Waals surface area (Å²) >= 11 is 4.65. The molecule has 2 aromatic carbocycles. The summed E-state index contributed by atoms with van der Waals surface area (Å²) in [7, 11) is 1.47. The molecule has 0 unspecified atom stereocenters. The highest BCUT2D eigenvalue weighted by molar-refractivity contribution is 9.10. The second kappa shape index (κ2) is 7.92. The maximum atomic E-state index is 12.6. The van der Waals surface area contributed by atoms with Gasteiger partial charge in [-0.2, -0.15) is 0 Å². The fourth-order valence-corrected chi connectivity index (χ4v) is 4.93. The van der Waals surface area contributed by atoms with Gasteiger partial charge in [-0.05, 0) is 40.2 Å². The molecule has 0 bridgehead atoms. The van der Waals surface area contributed by atoms with Crippen LogP contribution in [0.1, 0.15) is 25.9 Å². The first-order chi connectivity index (χ1) is 15.5. The molecule has 0 spiro atoms. The number of carbonyl (C=O) groups excluding carboxylic acids is 3. The number of rotatable bonds is 6. The Morgan fingerprint density at radius 1 is 1.19 bits per heavy atom. The van der Waals surface area contributed by atoms with Crippen LogP contribution in [0.25, 0.3) is 10.2 Å². The number of fused-ring (bicyclic) bond motifs is 2. The van der Waals surface area contributed by atoms with E-state index in [0.29, 0.717) is 26.6 Å². The Kier molecular flexibility index (Phi) is 5.06. The number of nitrogens with zero attached hydrogens (tertiary/aromatic N) is 5. The summed E-state index contributed by atoms with van der Waals surface area (Å²) in [5.41, 5.74) is 1.85. The molecule has 0 N–H and O–H groups in total. The topological polar surface area (TPSA) is 107 Å². The molecule has 0 radical (unpaired) electrons. The molecular formula is C21H14BrN5O4S. The third-order valence-corrected chi connectivity index (χ3v) is 6.73. The maximum Gasteiger partial charge on any atom is 0.300 e. The number of aromatic nitrogens is 4. The van der Waals surface area contributed by atoms with Crippen molar-refractivity contribution in [3.05, 3.63) is 63.3 Å². The first-order valence-corrected chi connectivity index (χ1v) is 11.1. The lowest BCUT2D eigenvalue weighted by Crippen LogP contribution is -2.29. The number of thiazole rings is 1. The van der Waals surface area contributed by atoms with Gasteiger partial charge < -0.3 is 4.74 Å². The Labute approximate surface area is 193 Å². The van der Waals surface area contributed by atoms with Crippen molar-refractivity contribution >= 4 is 60.6 Å². The van der Waals surface area contributed by atoms with Crippen molar-refractivity contribution < 1.29 is 19.1 Å². The van der Waals surface area contributed by atoms with Gasteiger partial charge in [0, 0.05) is 4.47 Å². The van der Waals surface area contributed by atoms with Crippen molar-refractivity contribution in [3.8, 4) is 5.75 Å². The Bertz CT molecular complexity index is 1380. The molecule has 160 valence electrons. The fourth-order valence-electron chi connectivity index (χ4n) is 3.53. The van der Waals surface area contributed by atoms with Crippen LogP contribution >= 0.6 is 27.3 Å². The summed E-state index contributed by atoms with van der Waals surface area (Å²) in [6.07, 6.45) is 1.57. The number of methoxy groups -OCH3 is 1. The van der Waals surface area contributed by atoms with Gasteiger partial charge in [-0.15, -0.1) is 16.4 Å². The SMILES string of the molecule is COc1ccc(Br)c2c1N(Cc1cn(CC(=O)c3nc4ccccc4s3)nn1)C(=O)C2=O. The van der Waals surface area contributed by atoms with Crippen molar-refractivity contribution in [1.29, 1.82) is 0 Å². The van der Waals surface area contributed by atoms with E-state index in [2.05, 4.69) is 31.2 Å². The quantitative estimate of drug-likeness (QED) is 0.288. The molecule has 0 fully saturated rings. The molecule has 0 saturated carbocycles. The van der Waals surface area contributed by atoms with Crippen LogP contribution in [0.4, 0.5) is 5.69 Å². The second-order valence-electron chi connectivity index (χ2n) is 7.01. The summed E-state index contributed by atoms with van der Waals surface area (Å²) < 4.78 is 8.19. The molecule has 2 aromatic heterocycles. The third kappa shape index (κ3) is 3.39. The molecule has 3 heterocycles. The van der Waals surface area contributed by atoms with Crippen LogP contribution in [0.3, 0.4) is 0 Å². The van der Waals surface area contributed by atoms with Crippen molar-refractivity contribution in [1.82, 2.24) is 20.0 Å². The zero-order valence-corrected chi connectivity index (χ0v) is 19.0. The van der Waals surface area contributed by atoms with Crippen LogP contribution in [0.5, 0.6) is 5.75 Å². The largest absolute Gasteiger partial charge is 0.495 e. The first kappa shape index (κ1) is 20.5. The van der Waals surface area contributed by atoms with Crippen LogP contribution in [-0.4, -0.2) is 44.6 Å². The van der Waals surface area contributed by atoms with E-state index in [-0.39, 0.29) is 24.4 Å². The number of amides is 1. The second-order valence-corrected chi connectivity index (χ2v) is 8.90. The van der Waals surface area contributed by atoms with E-state index >= 15 is 0 Å². The van der Waals surface area contributed by atoms with Crippen molar-refractivity contribution in [2.45, 2.75) is 13.1 Å². The summed E-state index contributed by atoms with van der Waals surface area (Å²) in [5, 5.41) is 8.46. The Morgan fingerprint density at radius 3 is 2.78 bits per heavy atom. The number of para-hydroxylation sites is 1. The number of halogens is 1. The smallest absolute Gasteiger partial charge is 0.300 e. The molecule has 11 heteroatoms. The molecule has 32 heavy (non-hydrogen) atoms. The predicted molar refractivity (Wildman–Crippen MR) is 120 cm³/mol. The number of anilines is 1. The number of ketones is 2. The standard InChI is InChI=1S/C21H14BrN5O4S/c1-31-15-7-6-12(22)17-18(15)27(21(30)19(17)29)9-11-8-26(25-24-11)10-14(28)20-23-13-4-2-3-5-16(13)32-20/h2-8H,9-10H2,1H3. The van der Waals surface area contributed by atoms with E-state index < -0.39 is 11.7 Å². The number of ether oxygens (including phenoxy) is 1. The van der Waals surface area contributed by atoms with Gasteiger partial charge in [0.15, 0.2) is 5.01 Å². The summed E-state index contributed by atoms with van der Waals surface area (Å²) in [4.78, 5) is 43.4. The van der Waals surface area contributed by atoms with Crippen LogP contribution in [0, 0.1) is 0 Å². The molecule has 0 saturated heterocycles. The zero-order valence-electron chi connectivity index (χ0n) is 16.6. The monoisotopic (exact) mass is 511 g/mol. The van der Waals surface area contributed by atoms with Gasteiger partial charge in [0.2, 0.25) is 5.78 Å². The van der Waals surface area contributed by atoms with E-state index in [0.717, 1.165) is 10.2 Å². The van der Waals surface area contributed by atoms with Gasteiger partial charge in [0.1, 0.15) is 18.0 Å². The molecule has 1 aliphatic rings. The Hall–Kier alpha value is -3.44. The number of hydrogen-bond acceptors (Lipinski definition) is 8. The van der Waals surface area contributed by atoms with Gasteiger partial charge in [-0.25, -0.2) is 9.67 Å². The molecule has 1 amide bonds. The lowest BCUT2D eigenvalue weighted by Gasteiger charge is -2.17. The highest BCUT2D eigenvalue weighted by atomic mass is 79.9. The van der Waals surface area contributed by atoms with Gasteiger partial charge in [0.25, 0.3) is 11.7 Å². The van der Waals surface area contributed by atoms with Crippen LogP contribution in [0.15, 0.2) is 47.1 Å². The molecular weight excluding hydrogens is 498 g/mol. The lowest BCUT2D eigenvalue weighted by molar-refractivity contribution is -0.114. The van der Waals surface area contributed by atoms with E-state index in [9.17, 15) is 14.4 Å². The minimum absolute atomic E-state index is 0.0136. The van der Waals surface area contributed by atoms with E-state index in [1.165, 1.54) is 28.0 Å². The summed E-state index contributed by atoms with van der Waals surface area (Å²) in [6.45, 7) is -0.0229. The highest BCUT2D eigenvalue weighted by Crippen LogP contribution is 2.42. The first-order valence-electron chi connectivity index (χ1n) is 9.46. The lowest BCUT2D eigenvalue weighted by atomic mass is 10.1. The van der Waals surface area contributed by atoms with Gasteiger partial charge in [-0.3, -0.25) is 19.3 Å². The Morgan fingerprint density at radius 2 is 2.00 bits per heavy atom. The molecule has 5 rings (SSSR count). The fraction of sp³-hybridized carbons (Fsp3) is 0.143. The van der Waals surface area contributed by atoms with E-state index in [4.69, 9.17) is 4.74 Å².